The number of hydrogen-bond acceptors (Lipinski definition) is 4. The van der Waals surface area contributed by atoms with Crippen molar-refractivity contribution in [3.8, 4) is 11.1 Å². The molecule has 0 saturated heterocycles. The second kappa shape index (κ2) is 9.53. The van der Waals surface area contributed by atoms with Crippen molar-refractivity contribution < 1.29 is 9.53 Å². The molecule has 2 aromatic rings. The molecule has 0 amide bonds. The third-order valence-corrected chi connectivity index (χ3v) is 4.94. The first-order valence-electron chi connectivity index (χ1n) is 8.49. The molecule has 25 heavy (non-hydrogen) atoms. The minimum absolute atomic E-state index is 0.329. The number of rotatable bonds is 7. The van der Waals surface area contributed by atoms with E-state index in [2.05, 4.69) is 17.6 Å². The summed E-state index contributed by atoms with van der Waals surface area (Å²) >= 11 is 6.88. The first kappa shape index (κ1) is 19.4. The molecule has 0 unspecified atom stereocenters. The van der Waals surface area contributed by atoms with E-state index < -0.39 is 0 Å². The summed E-state index contributed by atoms with van der Waals surface area (Å²) in [5.74, 6) is -0.329. The van der Waals surface area contributed by atoms with Crippen molar-refractivity contribution in [1.29, 1.82) is 0 Å². The lowest BCUT2D eigenvalue weighted by molar-refractivity contribution is 0.0529. The fourth-order valence-electron chi connectivity index (χ4n) is 2.51. The molecule has 1 aromatic carbocycles. The number of aryl methyl sites for hydroxylation is 1. The van der Waals surface area contributed by atoms with E-state index in [9.17, 15) is 4.79 Å². The first-order chi connectivity index (χ1) is 12.1. The number of hydrogen-bond donors (Lipinski definition) is 2. The molecule has 0 aliphatic heterocycles. The van der Waals surface area contributed by atoms with Crippen LogP contribution in [0, 0.1) is 6.92 Å². The van der Waals surface area contributed by atoms with E-state index in [0.717, 1.165) is 40.4 Å². The van der Waals surface area contributed by atoms with Crippen molar-refractivity contribution in [3.05, 3.63) is 40.8 Å². The molecular formula is C19H24N2O2S2. The molecule has 0 radical (unpaired) electrons. The second-order valence-corrected chi connectivity index (χ2v) is 7.19. The van der Waals surface area contributed by atoms with Crippen LogP contribution in [0.5, 0.6) is 0 Å². The van der Waals surface area contributed by atoms with Gasteiger partial charge in [-0.25, -0.2) is 4.79 Å². The number of benzene rings is 1. The monoisotopic (exact) mass is 376 g/mol. The van der Waals surface area contributed by atoms with Gasteiger partial charge in [0.1, 0.15) is 10.6 Å². The standard InChI is InChI=1S/C19H24N2O2S2/c1-4-6-12-20-19(24)21-17-16(18(22)23-5-2)15(13(3)25-17)14-10-8-7-9-11-14/h7-11H,4-6,12H2,1-3H3,(H2,20,21,24). The zero-order valence-corrected chi connectivity index (χ0v) is 16.5. The molecule has 0 spiro atoms. The summed E-state index contributed by atoms with van der Waals surface area (Å²) in [5.41, 5.74) is 2.45. The third-order valence-electron chi connectivity index (χ3n) is 3.67. The molecule has 0 aliphatic carbocycles. The third kappa shape index (κ3) is 5.03. The number of carbonyl (C=O) groups is 1. The highest BCUT2D eigenvalue weighted by molar-refractivity contribution is 7.80. The normalized spacial score (nSPS) is 10.4. The van der Waals surface area contributed by atoms with Crippen LogP contribution in [0.15, 0.2) is 30.3 Å². The van der Waals surface area contributed by atoms with E-state index in [4.69, 9.17) is 17.0 Å². The van der Waals surface area contributed by atoms with Gasteiger partial charge in [0.2, 0.25) is 0 Å². The molecular weight excluding hydrogens is 352 g/mol. The maximum Gasteiger partial charge on any atom is 0.341 e. The van der Waals surface area contributed by atoms with Crippen LogP contribution in [0.25, 0.3) is 11.1 Å². The highest BCUT2D eigenvalue weighted by Gasteiger charge is 2.24. The Hall–Kier alpha value is -1.92. The zero-order valence-electron chi connectivity index (χ0n) is 14.8. The number of esters is 1. The van der Waals surface area contributed by atoms with Gasteiger partial charge >= 0.3 is 5.97 Å². The Balaban J connectivity index is 2.36. The van der Waals surface area contributed by atoms with Gasteiger partial charge in [0, 0.05) is 17.0 Å². The maximum atomic E-state index is 12.6. The Labute approximate surface area is 158 Å². The minimum atomic E-state index is -0.329. The molecule has 0 fully saturated rings. The van der Waals surface area contributed by atoms with Crippen molar-refractivity contribution in [1.82, 2.24) is 5.32 Å². The van der Waals surface area contributed by atoms with Gasteiger partial charge in [-0.2, -0.15) is 0 Å². The summed E-state index contributed by atoms with van der Waals surface area (Å²) < 4.78 is 5.29. The lowest BCUT2D eigenvalue weighted by Crippen LogP contribution is -2.29. The van der Waals surface area contributed by atoms with Gasteiger partial charge in [-0.15, -0.1) is 11.3 Å². The van der Waals surface area contributed by atoms with E-state index in [-0.39, 0.29) is 5.97 Å². The number of nitrogens with one attached hydrogen (secondary N) is 2. The fraction of sp³-hybridized carbons (Fsp3) is 0.368. The molecule has 1 aromatic heterocycles. The number of thiocarbonyl (C=S) groups is 1. The Morgan fingerprint density at radius 2 is 1.96 bits per heavy atom. The SMILES string of the molecule is CCCCNC(=S)Nc1sc(C)c(-c2ccccc2)c1C(=O)OCC. The Morgan fingerprint density at radius 3 is 2.60 bits per heavy atom. The quantitative estimate of drug-likeness (QED) is 0.405. The van der Waals surface area contributed by atoms with Gasteiger partial charge in [0.05, 0.1) is 6.61 Å². The number of thiophene rings is 1. The first-order valence-corrected chi connectivity index (χ1v) is 9.71. The lowest BCUT2D eigenvalue weighted by atomic mass is 10.0. The van der Waals surface area contributed by atoms with Crippen LogP contribution in [0.3, 0.4) is 0 Å². The average molecular weight is 377 g/mol. The van der Waals surface area contributed by atoms with E-state index >= 15 is 0 Å². The van der Waals surface area contributed by atoms with Gasteiger partial charge in [-0.3, -0.25) is 0 Å². The molecule has 134 valence electrons. The van der Waals surface area contributed by atoms with Gasteiger partial charge in [-0.05, 0) is 38.0 Å². The zero-order chi connectivity index (χ0) is 18.2. The predicted octanol–water partition coefficient (Wildman–Crippen LogP) is 4.99. The van der Waals surface area contributed by atoms with Gasteiger partial charge in [0.15, 0.2) is 5.11 Å². The molecule has 0 bridgehead atoms. The smallest absolute Gasteiger partial charge is 0.341 e. The molecule has 6 heteroatoms. The Bertz CT molecular complexity index is 727. The number of ether oxygens (including phenoxy) is 1. The van der Waals surface area contributed by atoms with Gasteiger partial charge < -0.3 is 15.4 Å². The van der Waals surface area contributed by atoms with Crippen LogP contribution in [-0.2, 0) is 4.74 Å². The molecule has 0 saturated carbocycles. The van der Waals surface area contributed by atoms with Crippen molar-refractivity contribution in [2.75, 3.05) is 18.5 Å². The largest absolute Gasteiger partial charge is 0.462 e. The Morgan fingerprint density at radius 1 is 1.24 bits per heavy atom. The minimum Gasteiger partial charge on any atom is -0.462 e. The van der Waals surface area contributed by atoms with Gasteiger partial charge in [-0.1, -0.05) is 43.7 Å². The van der Waals surface area contributed by atoms with Gasteiger partial charge in [0.25, 0.3) is 0 Å². The van der Waals surface area contributed by atoms with Crippen LogP contribution in [0.1, 0.15) is 41.9 Å². The molecule has 2 N–H and O–H groups in total. The topological polar surface area (TPSA) is 50.4 Å². The van der Waals surface area contributed by atoms with Crippen LogP contribution >= 0.6 is 23.6 Å². The number of anilines is 1. The predicted molar refractivity (Wildman–Crippen MR) is 110 cm³/mol. The van der Waals surface area contributed by atoms with Crippen LogP contribution in [0.2, 0.25) is 0 Å². The van der Waals surface area contributed by atoms with Crippen LogP contribution in [-0.4, -0.2) is 24.2 Å². The summed E-state index contributed by atoms with van der Waals surface area (Å²) in [4.78, 5) is 13.6. The fourth-order valence-corrected chi connectivity index (χ4v) is 3.85. The lowest BCUT2D eigenvalue weighted by Gasteiger charge is -2.11. The molecule has 0 aliphatic rings. The van der Waals surface area contributed by atoms with E-state index in [1.165, 1.54) is 11.3 Å². The molecule has 2 rings (SSSR count). The summed E-state index contributed by atoms with van der Waals surface area (Å²) in [7, 11) is 0. The maximum absolute atomic E-state index is 12.6. The molecule has 1 heterocycles. The van der Waals surface area contributed by atoms with E-state index in [1.54, 1.807) is 0 Å². The number of unbranched alkanes of at least 4 members (excludes halogenated alkanes) is 1. The van der Waals surface area contributed by atoms with Crippen LogP contribution < -0.4 is 10.6 Å². The van der Waals surface area contributed by atoms with Crippen molar-refractivity contribution in [2.24, 2.45) is 0 Å². The number of carbonyl (C=O) groups excluding carboxylic acids is 1. The van der Waals surface area contributed by atoms with Crippen LogP contribution in [0.4, 0.5) is 5.00 Å². The van der Waals surface area contributed by atoms with E-state index in [0.29, 0.717) is 17.3 Å². The van der Waals surface area contributed by atoms with E-state index in [1.807, 2.05) is 44.2 Å². The summed E-state index contributed by atoms with van der Waals surface area (Å²) in [6, 6.07) is 9.89. The summed E-state index contributed by atoms with van der Waals surface area (Å²) in [6.07, 6.45) is 2.14. The molecule has 0 atom stereocenters. The summed E-state index contributed by atoms with van der Waals surface area (Å²) in [5, 5.41) is 7.60. The Kier molecular flexibility index (Phi) is 7.40. The highest BCUT2D eigenvalue weighted by atomic mass is 32.1. The molecule has 4 nitrogen and oxygen atoms in total. The average Bonchev–Trinajstić information content (AvgIpc) is 2.92. The van der Waals surface area contributed by atoms with Crippen molar-refractivity contribution >= 4 is 39.6 Å². The second-order valence-electron chi connectivity index (χ2n) is 5.56. The highest BCUT2D eigenvalue weighted by Crippen LogP contribution is 2.40. The van der Waals surface area contributed by atoms with Crippen molar-refractivity contribution in [3.63, 3.8) is 0 Å². The van der Waals surface area contributed by atoms with Crippen molar-refractivity contribution in [2.45, 2.75) is 33.6 Å². The summed E-state index contributed by atoms with van der Waals surface area (Å²) in [6.45, 7) is 7.09.